The Balaban J connectivity index is 2.36. The molecular formula is C12H15NOS. The average molecular weight is 221 g/mol. The summed E-state index contributed by atoms with van der Waals surface area (Å²) < 4.78 is 5.87. The molecule has 3 heteroatoms. The molecule has 0 saturated heterocycles. The average Bonchev–Trinajstić information content (AvgIpc) is 2.15. The van der Waals surface area contributed by atoms with Crippen molar-refractivity contribution >= 4 is 17.2 Å². The Kier molecular flexibility index (Phi) is 2.43. The molecule has 0 fully saturated rings. The van der Waals surface area contributed by atoms with Gasteiger partial charge in [-0.1, -0.05) is 12.2 Å². The Hall–Kier alpha value is -1.09. The molecule has 1 aliphatic rings. The maximum Gasteiger partial charge on any atom is 0.123 e. The highest BCUT2D eigenvalue weighted by atomic mass is 32.1. The van der Waals surface area contributed by atoms with E-state index in [9.17, 15) is 0 Å². The maximum absolute atomic E-state index is 5.87. The van der Waals surface area contributed by atoms with Gasteiger partial charge in [0.25, 0.3) is 0 Å². The Morgan fingerprint density at radius 1 is 1.47 bits per heavy atom. The molecule has 0 unspecified atom stereocenters. The lowest BCUT2D eigenvalue weighted by Gasteiger charge is -2.32. The van der Waals surface area contributed by atoms with Crippen molar-refractivity contribution in [2.75, 3.05) is 0 Å². The van der Waals surface area contributed by atoms with Crippen molar-refractivity contribution in [3.8, 4) is 5.75 Å². The summed E-state index contributed by atoms with van der Waals surface area (Å²) in [6.07, 6.45) is 2.06. The van der Waals surface area contributed by atoms with Crippen LogP contribution in [0, 0.1) is 0 Å². The third kappa shape index (κ3) is 2.12. The maximum atomic E-state index is 5.87. The molecule has 80 valence electrons. The SMILES string of the molecule is CC1(C)CCc2cc(C(N)=S)ccc2O1. The van der Waals surface area contributed by atoms with Crippen molar-refractivity contribution in [3.05, 3.63) is 29.3 Å². The molecule has 1 aromatic carbocycles. The van der Waals surface area contributed by atoms with E-state index in [0.29, 0.717) is 4.99 Å². The molecule has 0 spiro atoms. The molecule has 0 amide bonds. The number of ether oxygens (including phenoxy) is 1. The van der Waals surface area contributed by atoms with Crippen molar-refractivity contribution < 1.29 is 4.74 Å². The topological polar surface area (TPSA) is 35.2 Å². The van der Waals surface area contributed by atoms with Gasteiger partial charge in [0.2, 0.25) is 0 Å². The molecule has 1 aliphatic heterocycles. The van der Waals surface area contributed by atoms with Gasteiger partial charge < -0.3 is 10.5 Å². The van der Waals surface area contributed by atoms with E-state index in [1.54, 1.807) is 0 Å². The zero-order valence-electron chi connectivity index (χ0n) is 9.04. The summed E-state index contributed by atoms with van der Waals surface area (Å²) in [6.45, 7) is 4.22. The highest BCUT2D eigenvalue weighted by molar-refractivity contribution is 7.80. The van der Waals surface area contributed by atoms with E-state index < -0.39 is 0 Å². The fourth-order valence-corrected chi connectivity index (χ4v) is 1.94. The number of hydrogen-bond donors (Lipinski definition) is 1. The van der Waals surface area contributed by atoms with Gasteiger partial charge in [-0.2, -0.15) is 0 Å². The van der Waals surface area contributed by atoms with Crippen LogP contribution in [0.15, 0.2) is 18.2 Å². The molecule has 0 aromatic heterocycles. The smallest absolute Gasteiger partial charge is 0.123 e. The number of fused-ring (bicyclic) bond motifs is 1. The summed E-state index contributed by atoms with van der Waals surface area (Å²) >= 11 is 4.95. The molecule has 2 rings (SSSR count). The second kappa shape index (κ2) is 3.49. The first kappa shape index (κ1) is 10.4. The van der Waals surface area contributed by atoms with Crippen LogP contribution < -0.4 is 10.5 Å². The van der Waals surface area contributed by atoms with Crippen LogP contribution >= 0.6 is 12.2 Å². The Bertz CT molecular complexity index is 412. The molecule has 0 bridgehead atoms. The van der Waals surface area contributed by atoms with Crippen LogP contribution in [0.25, 0.3) is 0 Å². The van der Waals surface area contributed by atoms with Crippen molar-refractivity contribution in [2.24, 2.45) is 5.73 Å². The van der Waals surface area contributed by atoms with E-state index >= 15 is 0 Å². The summed E-state index contributed by atoms with van der Waals surface area (Å²) in [6, 6.07) is 5.92. The summed E-state index contributed by atoms with van der Waals surface area (Å²) in [5.41, 5.74) is 7.66. The largest absolute Gasteiger partial charge is 0.488 e. The summed E-state index contributed by atoms with van der Waals surface area (Å²) in [4.78, 5) is 0.447. The minimum Gasteiger partial charge on any atom is -0.488 e. The van der Waals surface area contributed by atoms with E-state index in [1.807, 2.05) is 18.2 Å². The summed E-state index contributed by atoms with van der Waals surface area (Å²) in [7, 11) is 0. The highest BCUT2D eigenvalue weighted by Gasteiger charge is 2.26. The zero-order chi connectivity index (χ0) is 11.1. The summed E-state index contributed by atoms with van der Waals surface area (Å²) in [5.74, 6) is 0.964. The van der Waals surface area contributed by atoms with Crippen molar-refractivity contribution in [1.82, 2.24) is 0 Å². The Morgan fingerprint density at radius 3 is 2.87 bits per heavy atom. The second-order valence-corrected chi connectivity index (χ2v) is 4.99. The molecule has 0 atom stereocenters. The van der Waals surface area contributed by atoms with Crippen LogP contribution in [0.2, 0.25) is 0 Å². The fraction of sp³-hybridized carbons (Fsp3) is 0.417. The van der Waals surface area contributed by atoms with Gasteiger partial charge in [0.15, 0.2) is 0 Å². The molecular weight excluding hydrogens is 206 g/mol. The third-order valence-electron chi connectivity index (χ3n) is 2.73. The van der Waals surface area contributed by atoms with Gasteiger partial charge in [-0.25, -0.2) is 0 Å². The normalized spacial score (nSPS) is 17.7. The van der Waals surface area contributed by atoms with E-state index in [1.165, 1.54) is 5.56 Å². The van der Waals surface area contributed by atoms with Crippen LogP contribution in [0.1, 0.15) is 31.4 Å². The van der Waals surface area contributed by atoms with Crippen molar-refractivity contribution in [1.29, 1.82) is 0 Å². The van der Waals surface area contributed by atoms with Gasteiger partial charge in [0.05, 0.1) is 0 Å². The first-order valence-electron chi connectivity index (χ1n) is 5.10. The number of rotatable bonds is 1. The summed E-state index contributed by atoms with van der Waals surface area (Å²) in [5, 5.41) is 0. The molecule has 15 heavy (non-hydrogen) atoms. The van der Waals surface area contributed by atoms with E-state index in [0.717, 1.165) is 24.2 Å². The minimum absolute atomic E-state index is 0.0578. The number of aryl methyl sites for hydroxylation is 1. The molecule has 0 aliphatic carbocycles. The van der Waals surface area contributed by atoms with Gasteiger partial charge in [0.1, 0.15) is 16.3 Å². The highest BCUT2D eigenvalue weighted by Crippen LogP contribution is 2.33. The molecule has 2 N–H and O–H groups in total. The van der Waals surface area contributed by atoms with Gasteiger partial charge in [-0.3, -0.25) is 0 Å². The van der Waals surface area contributed by atoms with E-state index in [2.05, 4.69) is 13.8 Å². The van der Waals surface area contributed by atoms with Gasteiger partial charge in [-0.15, -0.1) is 0 Å². The van der Waals surface area contributed by atoms with Gasteiger partial charge in [-0.05, 0) is 50.5 Å². The van der Waals surface area contributed by atoms with Crippen LogP contribution in [0.5, 0.6) is 5.75 Å². The van der Waals surface area contributed by atoms with E-state index in [4.69, 9.17) is 22.7 Å². The lowest BCUT2D eigenvalue weighted by Crippen LogP contribution is -2.32. The number of thiocarbonyl (C=S) groups is 1. The molecule has 0 saturated carbocycles. The molecule has 1 heterocycles. The first-order valence-corrected chi connectivity index (χ1v) is 5.50. The zero-order valence-corrected chi connectivity index (χ0v) is 9.86. The lowest BCUT2D eigenvalue weighted by molar-refractivity contribution is 0.0847. The monoisotopic (exact) mass is 221 g/mol. The van der Waals surface area contributed by atoms with Gasteiger partial charge >= 0.3 is 0 Å². The molecule has 2 nitrogen and oxygen atoms in total. The standard InChI is InChI=1S/C12H15NOS/c1-12(2)6-5-8-7-9(11(13)15)3-4-10(8)14-12/h3-4,7H,5-6H2,1-2H3,(H2,13,15). The van der Waals surface area contributed by atoms with Crippen molar-refractivity contribution in [2.45, 2.75) is 32.3 Å². The number of nitrogens with two attached hydrogens (primary N) is 1. The number of benzene rings is 1. The molecule has 1 aromatic rings. The van der Waals surface area contributed by atoms with Gasteiger partial charge in [0, 0.05) is 5.56 Å². The predicted octanol–water partition coefficient (Wildman–Crippen LogP) is 2.42. The Morgan fingerprint density at radius 2 is 2.20 bits per heavy atom. The predicted molar refractivity (Wildman–Crippen MR) is 65.4 cm³/mol. The minimum atomic E-state index is -0.0578. The van der Waals surface area contributed by atoms with Crippen LogP contribution in [-0.4, -0.2) is 10.6 Å². The fourth-order valence-electron chi connectivity index (χ4n) is 1.81. The van der Waals surface area contributed by atoms with Crippen LogP contribution in [0.4, 0.5) is 0 Å². The van der Waals surface area contributed by atoms with E-state index in [-0.39, 0.29) is 5.60 Å². The first-order chi connectivity index (χ1) is 6.98. The Labute approximate surface area is 95.4 Å². The number of hydrogen-bond acceptors (Lipinski definition) is 2. The van der Waals surface area contributed by atoms with Crippen LogP contribution in [-0.2, 0) is 6.42 Å². The quantitative estimate of drug-likeness (QED) is 0.740. The third-order valence-corrected chi connectivity index (χ3v) is 2.96. The van der Waals surface area contributed by atoms with Crippen LogP contribution in [0.3, 0.4) is 0 Å². The van der Waals surface area contributed by atoms with Crippen molar-refractivity contribution in [3.63, 3.8) is 0 Å². The molecule has 0 radical (unpaired) electrons. The second-order valence-electron chi connectivity index (χ2n) is 4.55. The lowest BCUT2D eigenvalue weighted by atomic mass is 9.93.